The van der Waals surface area contributed by atoms with Crippen molar-refractivity contribution in [1.29, 1.82) is 0 Å². The van der Waals surface area contributed by atoms with Crippen LogP contribution in [0.4, 0.5) is 0 Å². The number of amides is 2. The Balaban J connectivity index is 1.61. The molecule has 1 aliphatic heterocycles. The Morgan fingerprint density at radius 3 is 2.15 bits per heavy atom. The Labute approximate surface area is 151 Å². The molecule has 2 saturated carbocycles. The molecule has 0 radical (unpaired) electrons. The number of hydrogen-bond acceptors (Lipinski definition) is 6. The first-order valence-corrected chi connectivity index (χ1v) is 10.1. The van der Waals surface area contributed by atoms with E-state index in [0.717, 1.165) is 6.42 Å². The first kappa shape index (κ1) is 17.4. The summed E-state index contributed by atoms with van der Waals surface area (Å²) >= 11 is 0. The van der Waals surface area contributed by atoms with Gasteiger partial charge in [0.25, 0.3) is 21.9 Å². The summed E-state index contributed by atoms with van der Waals surface area (Å²) in [4.78, 5) is 37.2. The van der Waals surface area contributed by atoms with Crippen molar-refractivity contribution < 1.29 is 27.1 Å². The number of Topliss-reactive ketones (excluding diaryl/α,β-unsaturated/α-hetero) is 1. The third-order valence-corrected chi connectivity index (χ3v) is 7.73. The summed E-state index contributed by atoms with van der Waals surface area (Å²) in [6, 6.07) is 6.05. The number of carbonyl (C=O) groups excluding carboxylic acids is 3. The van der Waals surface area contributed by atoms with Crippen molar-refractivity contribution in [3.8, 4) is 0 Å². The molecule has 2 bridgehead atoms. The Morgan fingerprint density at radius 1 is 1.12 bits per heavy atom. The van der Waals surface area contributed by atoms with E-state index in [1.807, 2.05) is 13.8 Å². The lowest BCUT2D eigenvalue weighted by molar-refractivity contribution is -0.128. The topological polar surface area (TPSA) is 97.8 Å². The van der Waals surface area contributed by atoms with Gasteiger partial charge in [0.2, 0.25) is 0 Å². The maximum atomic E-state index is 12.7. The van der Waals surface area contributed by atoms with Crippen molar-refractivity contribution in [2.45, 2.75) is 33.1 Å². The molecule has 26 heavy (non-hydrogen) atoms. The Hall–Kier alpha value is -2.06. The lowest BCUT2D eigenvalue weighted by Gasteiger charge is -2.35. The predicted octanol–water partition coefficient (Wildman–Crippen LogP) is 1.94. The fraction of sp³-hybridized carbons (Fsp3) is 0.500. The molecule has 2 fully saturated rings. The van der Waals surface area contributed by atoms with E-state index in [0.29, 0.717) is 12.8 Å². The van der Waals surface area contributed by atoms with E-state index in [1.54, 1.807) is 12.1 Å². The summed E-state index contributed by atoms with van der Waals surface area (Å²) in [6.07, 6.45) is 1.64. The molecule has 2 unspecified atom stereocenters. The number of fused-ring (bicyclic) bond motifs is 3. The molecule has 4 rings (SSSR count). The van der Waals surface area contributed by atoms with Crippen LogP contribution in [0.25, 0.3) is 0 Å². The molecule has 0 spiro atoms. The van der Waals surface area contributed by atoms with Crippen LogP contribution in [0.1, 0.15) is 53.8 Å². The van der Waals surface area contributed by atoms with Crippen LogP contribution in [0.3, 0.4) is 0 Å². The average molecular weight is 377 g/mol. The van der Waals surface area contributed by atoms with Crippen LogP contribution in [-0.4, -0.2) is 36.8 Å². The highest BCUT2D eigenvalue weighted by atomic mass is 32.2. The number of imide groups is 1. The number of rotatable bonds is 4. The van der Waals surface area contributed by atoms with Crippen LogP contribution in [0.2, 0.25) is 0 Å². The van der Waals surface area contributed by atoms with Gasteiger partial charge in [0.15, 0.2) is 0 Å². The molecule has 0 aromatic heterocycles. The molecule has 2 atom stereocenters. The second kappa shape index (κ2) is 5.23. The third kappa shape index (κ3) is 2.15. The number of hydroxylamine groups is 2. The Morgan fingerprint density at radius 2 is 1.69 bits per heavy atom. The highest BCUT2D eigenvalue weighted by molar-refractivity contribution is 7.86. The second-order valence-corrected chi connectivity index (χ2v) is 9.45. The normalized spacial score (nSPS) is 29.5. The van der Waals surface area contributed by atoms with E-state index in [9.17, 15) is 22.8 Å². The number of carbonyl (C=O) groups is 3. The van der Waals surface area contributed by atoms with E-state index in [-0.39, 0.29) is 27.9 Å². The molecule has 0 N–H and O–H groups in total. The first-order valence-electron chi connectivity index (χ1n) is 8.52. The maximum Gasteiger partial charge on any atom is 0.289 e. The van der Waals surface area contributed by atoms with Gasteiger partial charge in [-0.15, -0.1) is 9.35 Å². The summed E-state index contributed by atoms with van der Waals surface area (Å²) in [6.45, 7) is 3.82. The molecule has 7 nitrogen and oxygen atoms in total. The van der Waals surface area contributed by atoms with Gasteiger partial charge in [-0.25, -0.2) is 0 Å². The molecule has 2 amide bonds. The molecule has 2 aliphatic carbocycles. The van der Waals surface area contributed by atoms with Gasteiger partial charge in [0.1, 0.15) is 5.78 Å². The van der Waals surface area contributed by atoms with Crippen molar-refractivity contribution in [2.24, 2.45) is 16.7 Å². The first-order chi connectivity index (χ1) is 12.1. The van der Waals surface area contributed by atoms with Crippen molar-refractivity contribution in [3.63, 3.8) is 0 Å². The van der Waals surface area contributed by atoms with Crippen molar-refractivity contribution in [3.05, 3.63) is 35.4 Å². The molecule has 3 aliphatic rings. The number of ketones is 1. The van der Waals surface area contributed by atoms with Gasteiger partial charge in [0.05, 0.1) is 22.3 Å². The molecule has 0 saturated heterocycles. The van der Waals surface area contributed by atoms with Crippen LogP contribution >= 0.6 is 0 Å². The van der Waals surface area contributed by atoms with Crippen LogP contribution in [0.15, 0.2) is 24.3 Å². The van der Waals surface area contributed by atoms with Gasteiger partial charge >= 0.3 is 0 Å². The molecule has 138 valence electrons. The molecule has 1 heterocycles. The zero-order chi connectivity index (χ0) is 18.9. The van der Waals surface area contributed by atoms with Gasteiger partial charge in [0, 0.05) is 6.42 Å². The minimum absolute atomic E-state index is 0.0757. The molecule has 1 aromatic rings. The summed E-state index contributed by atoms with van der Waals surface area (Å²) < 4.78 is 30.3. The van der Waals surface area contributed by atoms with E-state index < -0.39 is 38.5 Å². The van der Waals surface area contributed by atoms with Gasteiger partial charge in [-0.2, -0.15) is 8.42 Å². The van der Waals surface area contributed by atoms with E-state index in [4.69, 9.17) is 4.28 Å². The fourth-order valence-electron chi connectivity index (χ4n) is 4.78. The van der Waals surface area contributed by atoms with E-state index in [1.165, 1.54) is 12.1 Å². The molecule has 8 heteroatoms. The maximum absolute atomic E-state index is 12.7. The molecular formula is C18H19NO6S. The second-order valence-electron chi connectivity index (χ2n) is 7.89. The fourth-order valence-corrected chi connectivity index (χ4v) is 6.48. The quantitative estimate of drug-likeness (QED) is 0.744. The van der Waals surface area contributed by atoms with E-state index >= 15 is 0 Å². The standard InChI is InChI=1S/C18H19NO6S/c1-17(2)11-7-8-18(17,14(20)9-11)10-26(23,24)25-19-15(21)12-5-3-4-6-13(12)16(19)22/h3-6,11H,7-10H2,1-2H3. The van der Waals surface area contributed by atoms with Gasteiger partial charge in [-0.1, -0.05) is 26.0 Å². The van der Waals surface area contributed by atoms with Crippen LogP contribution in [-0.2, 0) is 19.2 Å². The zero-order valence-electron chi connectivity index (χ0n) is 14.5. The van der Waals surface area contributed by atoms with Gasteiger partial charge < -0.3 is 0 Å². The molecular weight excluding hydrogens is 358 g/mol. The Kier molecular flexibility index (Phi) is 3.49. The predicted molar refractivity (Wildman–Crippen MR) is 90.4 cm³/mol. The monoisotopic (exact) mass is 377 g/mol. The van der Waals surface area contributed by atoms with Crippen molar-refractivity contribution in [2.75, 3.05) is 5.75 Å². The number of hydrogen-bond donors (Lipinski definition) is 0. The van der Waals surface area contributed by atoms with E-state index in [2.05, 4.69) is 0 Å². The molecule has 1 aromatic carbocycles. The summed E-state index contributed by atoms with van der Waals surface area (Å²) in [5, 5.41) is 0.287. The number of benzene rings is 1. The highest BCUT2D eigenvalue weighted by Gasteiger charge is 2.65. The summed E-state index contributed by atoms with van der Waals surface area (Å²) in [5.74, 6) is -2.06. The minimum Gasteiger partial charge on any atom is -0.299 e. The summed E-state index contributed by atoms with van der Waals surface area (Å²) in [5.41, 5.74) is -1.27. The minimum atomic E-state index is -4.32. The smallest absolute Gasteiger partial charge is 0.289 e. The van der Waals surface area contributed by atoms with Crippen molar-refractivity contribution >= 4 is 27.7 Å². The van der Waals surface area contributed by atoms with Gasteiger partial charge in [-0.05, 0) is 36.3 Å². The van der Waals surface area contributed by atoms with Crippen LogP contribution in [0, 0.1) is 16.7 Å². The third-order valence-electron chi connectivity index (χ3n) is 6.51. The largest absolute Gasteiger partial charge is 0.299 e. The highest BCUT2D eigenvalue weighted by Crippen LogP contribution is 2.64. The lowest BCUT2D eigenvalue weighted by Crippen LogP contribution is -2.44. The summed E-state index contributed by atoms with van der Waals surface area (Å²) in [7, 11) is -4.32. The Bertz CT molecular complexity index is 915. The number of nitrogens with zero attached hydrogens (tertiary/aromatic N) is 1. The zero-order valence-corrected chi connectivity index (χ0v) is 15.3. The SMILES string of the molecule is CC1(C)C2CCC1(CS(=O)(=O)ON1C(=O)c3ccccc3C1=O)C(=O)C2. The lowest BCUT2D eigenvalue weighted by atomic mass is 9.70. The van der Waals surface area contributed by atoms with Gasteiger partial charge in [-0.3, -0.25) is 14.4 Å². The average Bonchev–Trinajstić information content (AvgIpc) is 3.02. The van der Waals surface area contributed by atoms with Crippen molar-refractivity contribution in [1.82, 2.24) is 5.06 Å². The van der Waals surface area contributed by atoms with Crippen LogP contribution < -0.4 is 0 Å². The van der Waals surface area contributed by atoms with Crippen LogP contribution in [0.5, 0.6) is 0 Å².